The van der Waals surface area contributed by atoms with E-state index in [1.807, 2.05) is 19.1 Å². The summed E-state index contributed by atoms with van der Waals surface area (Å²) in [5, 5.41) is 14.5. The van der Waals surface area contributed by atoms with E-state index in [0.29, 0.717) is 0 Å². The van der Waals surface area contributed by atoms with E-state index < -0.39 is 0 Å². The summed E-state index contributed by atoms with van der Waals surface area (Å²) < 4.78 is 0.785. The second-order valence-electron chi connectivity index (χ2n) is 5.97. The van der Waals surface area contributed by atoms with Crippen molar-refractivity contribution >= 4 is 45.5 Å². The van der Waals surface area contributed by atoms with Crippen molar-refractivity contribution in [3.63, 3.8) is 0 Å². The van der Waals surface area contributed by atoms with Crippen LogP contribution in [0.25, 0.3) is 0 Å². The maximum atomic E-state index is 12.4. The highest BCUT2D eigenvalue weighted by atomic mass is 32.2. The third-order valence-electron chi connectivity index (χ3n) is 4.12. The molecule has 1 amide bonds. The summed E-state index contributed by atoms with van der Waals surface area (Å²) in [6, 6.07) is 8.12. The van der Waals surface area contributed by atoms with Gasteiger partial charge in [-0.15, -0.1) is 10.2 Å². The van der Waals surface area contributed by atoms with E-state index in [9.17, 15) is 4.79 Å². The second kappa shape index (κ2) is 8.53. The first-order valence-corrected chi connectivity index (χ1v) is 10.2. The average Bonchev–Trinajstić information content (AvgIpc) is 3.10. The molecule has 0 saturated carbocycles. The predicted octanol–water partition coefficient (Wildman–Crippen LogP) is 3.69. The normalized spacial score (nSPS) is 15.7. The molecule has 3 rings (SSSR count). The Labute approximate surface area is 156 Å². The minimum Gasteiger partial charge on any atom is -0.372 e. The smallest absolute Gasteiger partial charge is 0.237 e. The van der Waals surface area contributed by atoms with Crippen molar-refractivity contribution in [3.05, 3.63) is 24.3 Å². The number of amides is 1. The lowest BCUT2D eigenvalue weighted by molar-refractivity contribution is -0.115. The number of benzene rings is 1. The van der Waals surface area contributed by atoms with Gasteiger partial charge in [0.2, 0.25) is 11.0 Å². The molecule has 1 saturated heterocycles. The van der Waals surface area contributed by atoms with Gasteiger partial charge in [0, 0.05) is 31.5 Å². The van der Waals surface area contributed by atoms with Crippen LogP contribution in [0.1, 0.15) is 26.2 Å². The first-order valence-electron chi connectivity index (χ1n) is 8.49. The van der Waals surface area contributed by atoms with Gasteiger partial charge in [-0.1, -0.05) is 23.1 Å². The van der Waals surface area contributed by atoms with E-state index in [1.54, 1.807) is 7.05 Å². The van der Waals surface area contributed by atoms with Crippen molar-refractivity contribution in [2.45, 2.75) is 35.8 Å². The molecule has 6 nitrogen and oxygen atoms in total. The molecular formula is C17H23N5OS2. The van der Waals surface area contributed by atoms with E-state index in [4.69, 9.17) is 0 Å². The Balaban J connectivity index is 1.54. The number of nitrogens with zero attached hydrogens (tertiary/aromatic N) is 3. The van der Waals surface area contributed by atoms with Crippen molar-refractivity contribution in [2.75, 3.05) is 35.7 Å². The van der Waals surface area contributed by atoms with Crippen molar-refractivity contribution < 1.29 is 4.79 Å². The summed E-state index contributed by atoms with van der Waals surface area (Å²) in [6.45, 7) is 4.12. The van der Waals surface area contributed by atoms with Crippen LogP contribution in [-0.4, -0.2) is 41.5 Å². The van der Waals surface area contributed by atoms with Gasteiger partial charge in [0.25, 0.3) is 0 Å². The van der Waals surface area contributed by atoms with Crippen LogP contribution >= 0.6 is 23.1 Å². The van der Waals surface area contributed by atoms with Crippen LogP contribution in [0, 0.1) is 0 Å². The van der Waals surface area contributed by atoms with Crippen molar-refractivity contribution in [1.82, 2.24) is 10.2 Å². The molecule has 2 N–H and O–H groups in total. The van der Waals surface area contributed by atoms with Crippen molar-refractivity contribution in [2.24, 2.45) is 0 Å². The fourth-order valence-electron chi connectivity index (χ4n) is 2.71. The number of hydrogen-bond acceptors (Lipinski definition) is 7. The Morgan fingerprint density at radius 1 is 1.20 bits per heavy atom. The van der Waals surface area contributed by atoms with Crippen LogP contribution < -0.4 is 15.5 Å². The molecule has 8 heteroatoms. The number of carbonyl (C=O) groups excluding carboxylic acids is 1. The van der Waals surface area contributed by atoms with E-state index in [-0.39, 0.29) is 11.2 Å². The summed E-state index contributed by atoms with van der Waals surface area (Å²) in [5.41, 5.74) is 2.06. The minimum absolute atomic E-state index is 0.0306. The third-order valence-corrected chi connectivity index (χ3v) is 6.25. The largest absolute Gasteiger partial charge is 0.372 e. The molecular weight excluding hydrogens is 354 g/mol. The van der Waals surface area contributed by atoms with Gasteiger partial charge in [-0.05, 0) is 50.5 Å². The third kappa shape index (κ3) is 4.85. The van der Waals surface area contributed by atoms with Crippen LogP contribution in [0.5, 0.6) is 0 Å². The van der Waals surface area contributed by atoms with Crippen LogP contribution in [0.3, 0.4) is 0 Å². The topological polar surface area (TPSA) is 70.1 Å². The Morgan fingerprint density at radius 3 is 2.56 bits per heavy atom. The van der Waals surface area contributed by atoms with Gasteiger partial charge in [0.1, 0.15) is 0 Å². The fourth-order valence-corrected chi connectivity index (χ4v) is 4.56. The SMILES string of the molecule is CNc1nnc(SC(C)C(=O)Nc2ccc(N3CCCCC3)cc2)s1. The number of aromatic nitrogens is 2. The Bertz CT molecular complexity index is 697. The standard InChI is InChI=1S/C17H23N5OS2/c1-12(24-17-21-20-16(18-2)25-17)15(23)19-13-6-8-14(9-7-13)22-10-4-3-5-11-22/h6-9,12H,3-5,10-11H2,1-2H3,(H,18,20)(H,19,23). The molecule has 0 aliphatic carbocycles. The lowest BCUT2D eigenvalue weighted by atomic mass is 10.1. The first kappa shape index (κ1) is 18.0. The van der Waals surface area contributed by atoms with Gasteiger partial charge in [0.15, 0.2) is 4.34 Å². The van der Waals surface area contributed by atoms with Gasteiger partial charge < -0.3 is 15.5 Å². The van der Waals surface area contributed by atoms with Gasteiger partial charge >= 0.3 is 0 Å². The van der Waals surface area contributed by atoms with Gasteiger partial charge in [-0.25, -0.2) is 0 Å². The lowest BCUT2D eigenvalue weighted by Gasteiger charge is -2.28. The van der Waals surface area contributed by atoms with Gasteiger partial charge in [-0.3, -0.25) is 4.79 Å². The average molecular weight is 378 g/mol. The molecule has 0 spiro atoms. The molecule has 0 bridgehead atoms. The predicted molar refractivity (Wildman–Crippen MR) is 106 cm³/mol. The molecule has 1 aromatic heterocycles. The Kier molecular flexibility index (Phi) is 6.14. The number of hydrogen-bond donors (Lipinski definition) is 2. The molecule has 1 aromatic carbocycles. The lowest BCUT2D eigenvalue weighted by Crippen LogP contribution is -2.29. The monoisotopic (exact) mass is 377 g/mol. The number of carbonyl (C=O) groups is 1. The summed E-state index contributed by atoms with van der Waals surface area (Å²) >= 11 is 2.86. The molecule has 1 fully saturated rings. The molecule has 2 heterocycles. The number of anilines is 3. The molecule has 2 aromatic rings. The van der Waals surface area contributed by atoms with Crippen molar-refractivity contribution in [1.29, 1.82) is 0 Å². The Hall–Kier alpha value is -1.80. The summed E-state index contributed by atoms with van der Waals surface area (Å²) in [7, 11) is 1.80. The molecule has 1 atom stereocenters. The highest BCUT2D eigenvalue weighted by Gasteiger charge is 2.17. The molecule has 25 heavy (non-hydrogen) atoms. The van der Waals surface area contributed by atoms with Crippen LogP contribution in [0.15, 0.2) is 28.6 Å². The van der Waals surface area contributed by atoms with E-state index in [2.05, 4.69) is 37.9 Å². The Morgan fingerprint density at radius 2 is 1.92 bits per heavy atom. The van der Waals surface area contributed by atoms with Crippen molar-refractivity contribution in [3.8, 4) is 0 Å². The van der Waals surface area contributed by atoms with Crippen LogP contribution in [0.2, 0.25) is 0 Å². The first-order chi connectivity index (χ1) is 12.2. The maximum absolute atomic E-state index is 12.4. The molecule has 134 valence electrons. The highest BCUT2D eigenvalue weighted by molar-refractivity contribution is 8.02. The summed E-state index contributed by atoms with van der Waals surface area (Å²) in [5.74, 6) is -0.0306. The number of nitrogens with one attached hydrogen (secondary N) is 2. The molecule has 1 unspecified atom stereocenters. The second-order valence-corrected chi connectivity index (χ2v) is 8.53. The van der Waals surface area contributed by atoms with Crippen LogP contribution in [0.4, 0.5) is 16.5 Å². The van der Waals surface area contributed by atoms with E-state index in [1.165, 1.54) is 48.0 Å². The zero-order valence-corrected chi connectivity index (χ0v) is 16.1. The van der Waals surface area contributed by atoms with Gasteiger partial charge in [-0.2, -0.15) is 0 Å². The van der Waals surface area contributed by atoms with Crippen LogP contribution in [-0.2, 0) is 4.79 Å². The molecule has 1 aliphatic heterocycles. The highest BCUT2D eigenvalue weighted by Crippen LogP contribution is 2.29. The minimum atomic E-state index is -0.237. The van der Waals surface area contributed by atoms with E-state index >= 15 is 0 Å². The maximum Gasteiger partial charge on any atom is 0.237 e. The van der Waals surface area contributed by atoms with Gasteiger partial charge in [0.05, 0.1) is 5.25 Å². The molecule has 0 radical (unpaired) electrons. The zero-order chi connectivity index (χ0) is 17.6. The molecule has 1 aliphatic rings. The number of piperidine rings is 1. The fraction of sp³-hybridized carbons (Fsp3) is 0.471. The summed E-state index contributed by atoms with van der Waals surface area (Å²) in [4.78, 5) is 14.8. The zero-order valence-electron chi connectivity index (χ0n) is 14.5. The summed E-state index contributed by atoms with van der Waals surface area (Å²) in [6.07, 6.45) is 3.84. The van der Waals surface area contributed by atoms with E-state index in [0.717, 1.165) is 28.2 Å². The number of rotatable bonds is 6. The quantitative estimate of drug-likeness (QED) is 0.748. The number of thioether (sulfide) groups is 1.